The molecule has 2 fully saturated rings. The largest absolute Gasteiger partial charge is 0.356 e. The summed E-state index contributed by atoms with van der Waals surface area (Å²) < 4.78 is 2.32. The molecule has 0 bridgehead atoms. The third-order valence-electron chi connectivity index (χ3n) is 6.05. The molecule has 2 heterocycles. The van der Waals surface area contributed by atoms with E-state index in [2.05, 4.69) is 55.9 Å². The first-order valence-electron chi connectivity index (χ1n) is 9.58. The zero-order valence-corrected chi connectivity index (χ0v) is 15.5. The highest BCUT2D eigenvalue weighted by atomic mass is 15.3. The van der Waals surface area contributed by atoms with Gasteiger partial charge in [-0.05, 0) is 50.2 Å². The summed E-state index contributed by atoms with van der Waals surface area (Å²) in [6.07, 6.45) is 6.64. The van der Waals surface area contributed by atoms with Crippen molar-refractivity contribution in [3.63, 3.8) is 0 Å². The fourth-order valence-corrected chi connectivity index (χ4v) is 4.45. The lowest BCUT2D eigenvalue weighted by Crippen LogP contribution is -2.42. The van der Waals surface area contributed by atoms with Gasteiger partial charge in [0.1, 0.15) is 5.82 Å². The fraction of sp³-hybridized carbons (Fsp3) is 0.600. The number of aliphatic imine (C=N–C) groups is 1. The SMILES string of the molecule is CN=C(NCCCn1c(C)nc2ccccc21)N1CCC2(CCC2)C1. The molecule has 1 aromatic carbocycles. The Morgan fingerprint density at radius 3 is 2.84 bits per heavy atom. The highest BCUT2D eigenvalue weighted by Gasteiger charge is 2.43. The number of benzene rings is 1. The van der Waals surface area contributed by atoms with Crippen LogP contribution < -0.4 is 5.32 Å². The van der Waals surface area contributed by atoms with Gasteiger partial charge in [0, 0.05) is 33.2 Å². The van der Waals surface area contributed by atoms with Crippen LogP contribution in [0.2, 0.25) is 0 Å². The van der Waals surface area contributed by atoms with Crippen molar-refractivity contribution < 1.29 is 0 Å². The van der Waals surface area contributed by atoms with Crippen LogP contribution in [0.1, 0.15) is 37.9 Å². The van der Waals surface area contributed by atoms with Crippen LogP contribution in [0.25, 0.3) is 11.0 Å². The van der Waals surface area contributed by atoms with Crippen molar-refractivity contribution in [3.8, 4) is 0 Å². The standard InChI is InChI=1S/C20H29N5/c1-16-23-17-7-3-4-8-18(17)25(16)13-6-12-22-19(21-2)24-14-11-20(15-24)9-5-10-20/h3-4,7-8H,5-6,9-15H2,1-2H3,(H,21,22). The van der Waals surface area contributed by atoms with Crippen LogP contribution in [0.5, 0.6) is 0 Å². The Hall–Kier alpha value is -2.04. The molecule has 2 aromatic rings. The van der Waals surface area contributed by atoms with Crippen molar-refractivity contribution in [1.29, 1.82) is 0 Å². The molecule has 134 valence electrons. The Morgan fingerprint density at radius 2 is 2.12 bits per heavy atom. The Kier molecular flexibility index (Phi) is 4.40. The summed E-state index contributed by atoms with van der Waals surface area (Å²) in [5.74, 6) is 2.17. The number of guanidine groups is 1. The van der Waals surface area contributed by atoms with E-state index in [0.29, 0.717) is 5.41 Å². The van der Waals surface area contributed by atoms with E-state index in [0.717, 1.165) is 43.4 Å². The molecule has 1 aliphatic heterocycles. The normalized spacial score (nSPS) is 19.6. The van der Waals surface area contributed by atoms with Crippen LogP contribution in [0.3, 0.4) is 0 Å². The van der Waals surface area contributed by atoms with E-state index in [1.54, 1.807) is 0 Å². The number of aromatic nitrogens is 2. The van der Waals surface area contributed by atoms with E-state index in [4.69, 9.17) is 0 Å². The first-order valence-corrected chi connectivity index (χ1v) is 9.58. The van der Waals surface area contributed by atoms with Gasteiger partial charge in [0.15, 0.2) is 5.96 Å². The van der Waals surface area contributed by atoms with Crippen LogP contribution in [0.4, 0.5) is 0 Å². The predicted octanol–water partition coefficient (Wildman–Crippen LogP) is 3.19. The van der Waals surface area contributed by atoms with Crippen LogP contribution in [0.15, 0.2) is 29.3 Å². The molecule has 1 saturated carbocycles. The van der Waals surface area contributed by atoms with E-state index in [1.807, 2.05) is 7.05 Å². The number of hydrogen-bond acceptors (Lipinski definition) is 2. The molecule has 1 aliphatic carbocycles. The van der Waals surface area contributed by atoms with Crippen molar-refractivity contribution in [1.82, 2.24) is 19.8 Å². The van der Waals surface area contributed by atoms with Gasteiger partial charge in [-0.25, -0.2) is 4.98 Å². The van der Waals surface area contributed by atoms with Crippen LogP contribution in [-0.2, 0) is 6.54 Å². The second-order valence-corrected chi connectivity index (χ2v) is 7.65. The molecule has 5 nitrogen and oxygen atoms in total. The number of nitrogens with one attached hydrogen (secondary N) is 1. The molecule has 25 heavy (non-hydrogen) atoms. The van der Waals surface area contributed by atoms with Gasteiger partial charge >= 0.3 is 0 Å². The van der Waals surface area contributed by atoms with Gasteiger partial charge in [-0.2, -0.15) is 0 Å². The Balaban J connectivity index is 1.30. The molecule has 1 saturated heterocycles. The number of rotatable bonds is 4. The minimum atomic E-state index is 0.616. The summed E-state index contributed by atoms with van der Waals surface area (Å²) in [6.45, 7) is 6.37. The lowest BCUT2D eigenvalue weighted by Gasteiger charge is -2.38. The van der Waals surface area contributed by atoms with Gasteiger partial charge in [0.05, 0.1) is 11.0 Å². The molecule has 1 aromatic heterocycles. The van der Waals surface area contributed by atoms with E-state index in [1.165, 1.54) is 37.7 Å². The van der Waals surface area contributed by atoms with Crippen molar-refractivity contribution in [2.75, 3.05) is 26.7 Å². The second kappa shape index (κ2) is 6.70. The maximum Gasteiger partial charge on any atom is 0.193 e. The molecule has 0 radical (unpaired) electrons. The minimum absolute atomic E-state index is 0.616. The third-order valence-corrected chi connectivity index (χ3v) is 6.05. The molecule has 0 unspecified atom stereocenters. The molecule has 1 spiro atoms. The van der Waals surface area contributed by atoms with Crippen molar-refractivity contribution in [2.45, 2.75) is 45.6 Å². The minimum Gasteiger partial charge on any atom is -0.356 e. The quantitative estimate of drug-likeness (QED) is 0.529. The summed E-state index contributed by atoms with van der Waals surface area (Å²) in [4.78, 5) is 11.6. The highest BCUT2D eigenvalue weighted by Crippen LogP contribution is 2.47. The summed E-state index contributed by atoms with van der Waals surface area (Å²) in [7, 11) is 1.90. The summed E-state index contributed by atoms with van der Waals surface area (Å²) in [5.41, 5.74) is 2.94. The smallest absolute Gasteiger partial charge is 0.193 e. The monoisotopic (exact) mass is 339 g/mol. The lowest BCUT2D eigenvalue weighted by atomic mass is 9.68. The first-order chi connectivity index (χ1) is 12.2. The number of likely N-dealkylation sites (tertiary alicyclic amines) is 1. The molecule has 1 N–H and O–H groups in total. The number of para-hydroxylation sites is 2. The van der Waals surface area contributed by atoms with Gasteiger partial charge in [-0.1, -0.05) is 18.6 Å². The van der Waals surface area contributed by atoms with E-state index in [9.17, 15) is 0 Å². The number of nitrogens with zero attached hydrogens (tertiary/aromatic N) is 4. The average molecular weight is 339 g/mol. The molecule has 0 atom stereocenters. The molecule has 0 amide bonds. The maximum absolute atomic E-state index is 4.65. The fourth-order valence-electron chi connectivity index (χ4n) is 4.45. The van der Waals surface area contributed by atoms with Gasteiger partial charge in [-0.15, -0.1) is 0 Å². The molecular formula is C20H29N5. The van der Waals surface area contributed by atoms with Crippen molar-refractivity contribution >= 4 is 17.0 Å². The average Bonchev–Trinajstić information content (AvgIpc) is 3.17. The molecule has 4 rings (SSSR count). The number of imidazole rings is 1. The highest BCUT2D eigenvalue weighted by molar-refractivity contribution is 5.80. The first kappa shape index (κ1) is 16.4. The van der Waals surface area contributed by atoms with Gasteiger partial charge < -0.3 is 14.8 Å². The predicted molar refractivity (Wildman–Crippen MR) is 103 cm³/mol. The van der Waals surface area contributed by atoms with E-state index in [-0.39, 0.29) is 0 Å². The zero-order chi connectivity index (χ0) is 17.3. The van der Waals surface area contributed by atoms with E-state index >= 15 is 0 Å². The lowest BCUT2D eigenvalue weighted by molar-refractivity contribution is 0.151. The van der Waals surface area contributed by atoms with Crippen LogP contribution in [-0.4, -0.2) is 47.1 Å². The van der Waals surface area contributed by atoms with Gasteiger partial charge in [0.25, 0.3) is 0 Å². The Morgan fingerprint density at radius 1 is 1.28 bits per heavy atom. The number of aryl methyl sites for hydroxylation is 2. The van der Waals surface area contributed by atoms with Gasteiger partial charge in [0.2, 0.25) is 0 Å². The summed E-state index contributed by atoms with van der Waals surface area (Å²) >= 11 is 0. The van der Waals surface area contributed by atoms with Gasteiger partial charge in [-0.3, -0.25) is 4.99 Å². The third kappa shape index (κ3) is 3.12. The number of hydrogen-bond donors (Lipinski definition) is 1. The van der Waals surface area contributed by atoms with E-state index < -0.39 is 0 Å². The summed E-state index contributed by atoms with van der Waals surface area (Å²) in [6, 6.07) is 8.38. The van der Waals surface area contributed by atoms with Crippen molar-refractivity contribution in [2.24, 2.45) is 10.4 Å². The summed E-state index contributed by atoms with van der Waals surface area (Å²) in [5, 5.41) is 3.57. The topological polar surface area (TPSA) is 45.5 Å². The zero-order valence-electron chi connectivity index (χ0n) is 15.5. The van der Waals surface area contributed by atoms with Crippen LogP contribution >= 0.6 is 0 Å². The second-order valence-electron chi connectivity index (χ2n) is 7.65. The maximum atomic E-state index is 4.65. The Bertz CT molecular complexity index is 771. The molecule has 5 heteroatoms. The van der Waals surface area contributed by atoms with Crippen LogP contribution in [0, 0.1) is 12.3 Å². The number of fused-ring (bicyclic) bond motifs is 1. The molecular weight excluding hydrogens is 310 g/mol. The van der Waals surface area contributed by atoms with Crippen molar-refractivity contribution in [3.05, 3.63) is 30.1 Å². The Labute approximate surface area is 150 Å². The molecule has 2 aliphatic rings.